The number of carbonyl (C=O) groups is 1. The molecule has 1 saturated heterocycles. The normalized spacial score (nSPS) is 21.4. The molecule has 0 spiro atoms. The highest BCUT2D eigenvalue weighted by molar-refractivity contribution is 5.90. The molecule has 0 aliphatic carbocycles. The highest BCUT2D eigenvalue weighted by Crippen LogP contribution is 2.43. The molecule has 2 aliphatic rings. The monoisotopic (exact) mass is 538 g/mol. The van der Waals surface area contributed by atoms with Gasteiger partial charge in [-0.2, -0.15) is 0 Å². The molecule has 3 N–H and O–H groups in total. The lowest BCUT2D eigenvalue weighted by Gasteiger charge is -2.49. The fraction of sp³-hybridized carbons (Fsp3) is 0.364. The molecule has 3 heterocycles. The van der Waals surface area contributed by atoms with Crippen LogP contribution in [-0.4, -0.2) is 65.3 Å². The second-order valence-corrected chi connectivity index (χ2v) is 11.4. The van der Waals surface area contributed by atoms with E-state index in [-0.39, 0.29) is 24.0 Å². The van der Waals surface area contributed by atoms with Gasteiger partial charge in [0.25, 0.3) is 0 Å². The van der Waals surface area contributed by atoms with E-state index in [1.54, 1.807) is 12.0 Å². The van der Waals surface area contributed by atoms with Crippen LogP contribution in [0.15, 0.2) is 66.7 Å². The number of benzene rings is 3. The SMILES string of the molecule is COc1ccc(NC(=O)N(C)[C@H]2C[C@H]3c4[nH]c5ccc(-c6cccc(C)c6)cc5c4CCN3C[C@H]2[C@H](C)O)cc1. The number of hydrogen-bond donors (Lipinski definition) is 3. The zero-order chi connectivity index (χ0) is 28.0. The van der Waals surface area contributed by atoms with Crippen LogP contribution in [0.2, 0.25) is 0 Å². The number of carbonyl (C=O) groups excluding carboxylic acids is 1. The molecule has 1 aromatic heterocycles. The Labute approximate surface area is 235 Å². The van der Waals surface area contributed by atoms with Crippen molar-refractivity contribution in [2.75, 3.05) is 32.6 Å². The van der Waals surface area contributed by atoms with Crippen molar-refractivity contribution in [3.63, 3.8) is 0 Å². The van der Waals surface area contributed by atoms with Crippen LogP contribution >= 0.6 is 0 Å². The first-order valence-corrected chi connectivity index (χ1v) is 14.1. The first kappa shape index (κ1) is 26.4. The number of anilines is 1. The maximum atomic E-state index is 13.4. The van der Waals surface area contributed by atoms with Crippen LogP contribution in [0.4, 0.5) is 10.5 Å². The highest BCUT2D eigenvalue weighted by atomic mass is 16.5. The van der Waals surface area contributed by atoms with Crippen molar-refractivity contribution in [1.29, 1.82) is 0 Å². The molecular formula is C33H38N4O3. The number of aromatic nitrogens is 1. The van der Waals surface area contributed by atoms with Gasteiger partial charge in [-0.1, -0.05) is 35.9 Å². The number of methoxy groups -OCH3 is 1. The number of aliphatic hydroxyl groups is 1. The third-order valence-electron chi connectivity index (χ3n) is 8.90. The molecule has 6 rings (SSSR count). The second kappa shape index (κ2) is 10.6. The molecule has 0 radical (unpaired) electrons. The highest BCUT2D eigenvalue weighted by Gasteiger charge is 2.44. The largest absolute Gasteiger partial charge is 0.497 e. The van der Waals surface area contributed by atoms with Gasteiger partial charge < -0.3 is 25.0 Å². The van der Waals surface area contributed by atoms with Gasteiger partial charge in [-0.05, 0) is 79.8 Å². The second-order valence-electron chi connectivity index (χ2n) is 11.4. The smallest absolute Gasteiger partial charge is 0.321 e. The molecule has 0 saturated carbocycles. The summed E-state index contributed by atoms with van der Waals surface area (Å²) in [4.78, 5) is 21.4. The molecule has 40 heavy (non-hydrogen) atoms. The first-order chi connectivity index (χ1) is 19.3. The van der Waals surface area contributed by atoms with Crippen molar-refractivity contribution in [2.45, 2.75) is 44.9 Å². The number of nitrogens with zero attached hydrogens (tertiary/aromatic N) is 2. The molecule has 7 heteroatoms. The number of nitrogens with one attached hydrogen (secondary N) is 2. The average Bonchev–Trinajstić information content (AvgIpc) is 3.35. The Morgan fingerprint density at radius 1 is 1.12 bits per heavy atom. The van der Waals surface area contributed by atoms with Crippen LogP contribution in [0, 0.1) is 12.8 Å². The van der Waals surface area contributed by atoms with Crippen LogP contribution in [0.5, 0.6) is 5.75 Å². The third-order valence-corrected chi connectivity index (χ3v) is 8.90. The van der Waals surface area contributed by atoms with E-state index in [0.29, 0.717) is 5.69 Å². The number of hydrogen-bond acceptors (Lipinski definition) is 4. The fourth-order valence-electron chi connectivity index (χ4n) is 6.66. The van der Waals surface area contributed by atoms with E-state index in [4.69, 9.17) is 4.74 Å². The lowest BCUT2D eigenvalue weighted by Crippen LogP contribution is -2.57. The molecule has 4 aromatic rings. The Hall–Kier alpha value is -3.81. The molecule has 0 unspecified atom stereocenters. The van der Waals surface area contributed by atoms with Crippen LogP contribution in [0.1, 0.15) is 36.2 Å². The lowest BCUT2D eigenvalue weighted by atomic mass is 9.80. The molecule has 2 amide bonds. The lowest BCUT2D eigenvalue weighted by molar-refractivity contribution is -0.0177. The summed E-state index contributed by atoms with van der Waals surface area (Å²) in [6, 6.07) is 22.6. The summed E-state index contributed by atoms with van der Waals surface area (Å²) in [6.07, 6.45) is 1.20. The standard InChI is InChI=1S/C33H38N4O3/c1-20-6-5-7-22(16-20)23-8-13-29-27(17-23)26-14-15-37-19-28(21(2)38)30(18-31(37)32(26)35-29)36(3)33(39)34-24-9-11-25(40-4)12-10-24/h5-13,16-17,21,28,30-31,35,38H,14-15,18-19H2,1-4H3,(H,34,39)/t21-,28-,30-,31-/m0/s1. The molecule has 4 atom stereocenters. The van der Waals surface area contributed by atoms with Crippen LogP contribution in [0.3, 0.4) is 0 Å². The molecule has 0 bridgehead atoms. The number of aromatic amines is 1. The van der Waals surface area contributed by atoms with E-state index >= 15 is 0 Å². The Morgan fingerprint density at radius 2 is 1.90 bits per heavy atom. The number of aliphatic hydroxyl groups excluding tert-OH is 1. The molecule has 208 valence electrons. The Balaban J connectivity index is 1.28. The maximum Gasteiger partial charge on any atom is 0.321 e. The molecule has 1 fully saturated rings. The number of rotatable bonds is 5. The topological polar surface area (TPSA) is 80.8 Å². The van der Waals surface area contributed by atoms with Gasteiger partial charge in [-0.25, -0.2) is 4.79 Å². The molecule has 7 nitrogen and oxygen atoms in total. The predicted molar refractivity (Wildman–Crippen MR) is 160 cm³/mol. The van der Waals surface area contributed by atoms with E-state index < -0.39 is 6.10 Å². The number of amides is 2. The minimum absolute atomic E-state index is 0.0401. The quantitative estimate of drug-likeness (QED) is 0.292. The number of urea groups is 1. The Kier molecular flexibility index (Phi) is 7.02. The maximum absolute atomic E-state index is 13.4. The summed E-state index contributed by atoms with van der Waals surface area (Å²) in [5.41, 5.74) is 8.21. The van der Waals surface area contributed by atoms with E-state index in [0.717, 1.165) is 37.2 Å². The number of aryl methyl sites for hydroxylation is 1. The number of piperidine rings is 1. The van der Waals surface area contributed by atoms with Crippen LogP contribution < -0.4 is 10.1 Å². The van der Waals surface area contributed by atoms with Gasteiger partial charge in [-0.3, -0.25) is 4.90 Å². The van der Waals surface area contributed by atoms with Gasteiger partial charge in [0.15, 0.2) is 0 Å². The van der Waals surface area contributed by atoms with Gasteiger partial charge in [0, 0.05) is 54.4 Å². The Bertz CT molecular complexity index is 1530. The first-order valence-electron chi connectivity index (χ1n) is 14.1. The molecule has 2 aliphatic heterocycles. The van der Waals surface area contributed by atoms with Gasteiger partial charge in [0.1, 0.15) is 5.75 Å². The number of H-pyrrole nitrogens is 1. The van der Waals surface area contributed by atoms with Crippen molar-refractivity contribution in [3.8, 4) is 16.9 Å². The van der Waals surface area contributed by atoms with E-state index in [9.17, 15) is 9.90 Å². The van der Waals surface area contributed by atoms with Gasteiger partial charge >= 0.3 is 6.03 Å². The number of ether oxygens (including phenoxy) is 1. The minimum Gasteiger partial charge on any atom is -0.497 e. The van der Waals surface area contributed by atoms with Gasteiger partial charge in [0.2, 0.25) is 0 Å². The summed E-state index contributed by atoms with van der Waals surface area (Å²) in [6.45, 7) is 5.66. The molecule has 3 aromatic carbocycles. The van der Waals surface area contributed by atoms with E-state index in [2.05, 4.69) is 64.6 Å². The van der Waals surface area contributed by atoms with Crippen LogP contribution in [0.25, 0.3) is 22.0 Å². The summed E-state index contributed by atoms with van der Waals surface area (Å²) in [5.74, 6) is 0.701. The van der Waals surface area contributed by atoms with Crippen molar-refractivity contribution < 1.29 is 14.6 Å². The predicted octanol–water partition coefficient (Wildman–Crippen LogP) is 5.98. The van der Waals surface area contributed by atoms with Gasteiger partial charge in [0.05, 0.1) is 19.3 Å². The Morgan fingerprint density at radius 3 is 2.62 bits per heavy atom. The van der Waals surface area contributed by atoms with Gasteiger partial charge in [-0.15, -0.1) is 0 Å². The summed E-state index contributed by atoms with van der Waals surface area (Å²) >= 11 is 0. The fourth-order valence-corrected chi connectivity index (χ4v) is 6.66. The summed E-state index contributed by atoms with van der Waals surface area (Å²) in [7, 11) is 3.47. The van der Waals surface area contributed by atoms with Crippen molar-refractivity contribution in [1.82, 2.24) is 14.8 Å². The van der Waals surface area contributed by atoms with Crippen molar-refractivity contribution in [3.05, 3.63) is 83.6 Å². The van der Waals surface area contributed by atoms with Crippen molar-refractivity contribution in [2.24, 2.45) is 5.92 Å². The zero-order valence-electron chi connectivity index (χ0n) is 23.6. The average molecular weight is 539 g/mol. The summed E-state index contributed by atoms with van der Waals surface area (Å²) < 4.78 is 5.23. The van der Waals surface area contributed by atoms with Crippen LogP contribution in [-0.2, 0) is 6.42 Å². The van der Waals surface area contributed by atoms with E-state index in [1.165, 1.54) is 33.3 Å². The minimum atomic E-state index is -0.525. The number of fused-ring (bicyclic) bond motifs is 5. The zero-order valence-corrected chi connectivity index (χ0v) is 23.6. The third kappa shape index (κ3) is 4.84. The van der Waals surface area contributed by atoms with E-state index in [1.807, 2.05) is 38.2 Å². The van der Waals surface area contributed by atoms with Crippen molar-refractivity contribution >= 4 is 22.6 Å². The molecular weight excluding hydrogens is 500 g/mol. The summed E-state index contributed by atoms with van der Waals surface area (Å²) in [5, 5.41) is 15.1.